The van der Waals surface area contributed by atoms with Crippen molar-refractivity contribution in [3.8, 4) is 0 Å². The molecule has 18 heavy (non-hydrogen) atoms. The van der Waals surface area contributed by atoms with Gasteiger partial charge in [0.15, 0.2) is 0 Å². The highest BCUT2D eigenvalue weighted by Gasteiger charge is 2.17. The van der Waals surface area contributed by atoms with E-state index in [1.165, 1.54) is 43.7 Å². The molecule has 98 valence electrons. The van der Waals surface area contributed by atoms with E-state index in [2.05, 4.69) is 6.08 Å². The Labute approximate surface area is 114 Å². The molecule has 0 atom stereocenters. The van der Waals surface area contributed by atoms with Gasteiger partial charge in [-0.25, -0.2) is 4.39 Å². The molecule has 1 aromatic rings. The smallest absolute Gasteiger partial charge is 0.123 e. The summed E-state index contributed by atoms with van der Waals surface area (Å²) in [7, 11) is 0. The highest BCUT2D eigenvalue weighted by atomic mass is 35.5. The van der Waals surface area contributed by atoms with Crippen molar-refractivity contribution in [2.75, 3.05) is 5.88 Å². The Morgan fingerprint density at radius 3 is 2.72 bits per heavy atom. The molecule has 1 aliphatic carbocycles. The second kappa shape index (κ2) is 6.38. The Morgan fingerprint density at radius 2 is 2.06 bits per heavy atom. The molecule has 0 N–H and O–H groups in total. The lowest BCUT2D eigenvalue weighted by molar-refractivity contribution is 0.405. The quantitative estimate of drug-likeness (QED) is 0.648. The lowest BCUT2D eigenvalue weighted by Gasteiger charge is -2.23. The van der Waals surface area contributed by atoms with Crippen LogP contribution >= 0.6 is 11.6 Å². The molecule has 0 saturated heterocycles. The number of rotatable bonds is 3. The molecular weight excluding hydrogens is 247 g/mol. The van der Waals surface area contributed by atoms with Crippen LogP contribution in [-0.4, -0.2) is 5.88 Å². The van der Waals surface area contributed by atoms with E-state index < -0.39 is 0 Å². The molecule has 0 heterocycles. The topological polar surface area (TPSA) is 0 Å². The lowest BCUT2D eigenvalue weighted by atomic mass is 9.83. The van der Waals surface area contributed by atoms with Crippen molar-refractivity contribution in [3.05, 3.63) is 40.7 Å². The molecule has 1 aliphatic rings. The van der Waals surface area contributed by atoms with Gasteiger partial charge in [0.25, 0.3) is 0 Å². The molecule has 0 unspecified atom stereocenters. The number of benzene rings is 1. The summed E-state index contributed by atoms with van der Waals surface area (Å²) in [6.45, 7) is 2.01. The number of allylic oxidation sites excluding steroid dienone is 1. The summed E-state index contributed by atoms with van der Waals surface area (Å²) >= 11 is 6.08. The first kappa shape index (κ1) is 13.6. The van der Waals surface area contributed by atoms with Crippen molar-refractivity contribution in [2.45, 2.75) is 39.0 Å². The summed E-state index contributed by atoms with van der Waals surface area (Å²) in [5.41, 5.74) is 3.34. The third-order valence-electron chi connectivity index (χ3n) is 3.87. The Morgan fingerprint density at radius 1 is 1.33 bits per heavy atom. The fraction of sp³-hybridized carbons (Fsp3) is 0.500. The maximum absolute atomic E-state index is 13.3. The molecule has 0 amide bonds. The molecule has 1 fully saturated rings. The zero-order valence-corrected chi connectivity index (χ0v) is 11.6. The van der Waals surface area contributed by atoms with Crippen molar-refractivity contribution in [1.82, 2.24) is 0 Å². The minimum atomic E-state index is -0.176. The van der Waals surface area contributed by atoms with Crippen LogP contribution < -0.4 is 0 Å². The number of hydrogen-bond acceptors (Lipinski definition) is 0. The Balaban J connectivity index is 2.24. The molecule has 2 rings (SSSR count). The number of alkyl halides is 1. The fourth-order valence-corrected chi connectivity index (χ4v) is 3.00. The van der Waals surface area contributed by atoms with Gasteiger partial charge >= 0.3 is 0 Å². The SMILES string of the molecule is Cc1ccc(F)cc1/C=C(/CCl)C1CCCCC1. The van der Waals surface area contributed by atoms with Crippen LogP contribution in [0.3, 0.4) is 0 Å². The minimum Gasteiger partial charge on any atom is -0.207 e. The van der Waals surface area contributed by atoms with Crippen LogP contribution in [0.2, 0.25) is 0 Å². The van der Waals surface area contributed by atoms with Crippen molar-refractivity contribution in [3.63, 3.8) is 0 Å². The van der Waals surface area contributed by atoms with Crippen LogP contribution in [-0.2, 0) is 0 Å². The summed E-state index contributed by atoms with van der Waals surface area (Å²) in [4.78, 5) is 0. The van der Waals surface area contributed by atoms with E-state index in [-0.39, 0.29) is 5.82 Å². The molecule has 0 nitrogen and oxygen atoms in total. The van der Waals surface area contributed by atoms with Gasteiger partial charge in [0.1, 0.15) is 5.82 Å². The second-order valence-corrected chi connectivity index (χ2v) is 5.46. The van der Waals surface area contributed by atoms with Gasteiger partial charge in [-0.1, -0.05) is 37.0 Å². The van der Waals surface area contributed by atoms with Gasteiger partial charge in [0.2, 0.25) is 0 Å². The van der Waals surface area contributed by atoms with Gasteiger partial charge in [-0.05, 0) is 48.9 Å². The van der Waals surface area contributed by atoms with Gasteiger partial charge in [0, 0.05) is 5.88 Å². The zero-order valence-electron chi connectivity index (χ0n) is 10.9. The van der Waals surface area contributed by atoms with Crippen molar-refractivity contribution >= 4 is 17.7 Å². The number of halogens is 2. The van der Waals surface area contributed by atoms with E-state index in [0.29, 0.717) is 11.8 Å². The molecule has 0 spiro atoms. The van der Waals surface area contributed by atoms with E-state index in [9.17, 15) is 4.39 Å². The van der Waals surface area contributed by atoms with E-state index in [1.54, 1.807) is 6.07 Å². The normalized spacial score (nSPS) is 18.1. The van der Waals surface area contributed by atoms with Crippen LogP contribution in [0.25, 0.3) is 6.08 Å². The maximum atomic E-state index is 13.3. The molecule has 0 radical (unpaired) electrons. The third kappa shape index (κ3) is 3.35. The largest absolute Gasteiger partial charge is 0.207 e. The fourth-order valence-electron chi connectivity index (χ4n) is 2.71. The van der Waals surface area contributed by atoms with Crippen LogP contribution in [0.5, 0.6) is 0 Å². The molecule has 0 bridgehead atoms. The van der Waals surface area contributed by atoms with Crippen molar-refractivity contribution < 1.29 is 4.39 Å². The van der Waals surface area contributed by atoms with Crippen molar-refractivity contribution in [1.29, 1.82) is 0 Å². The Hall–Kier alpha value is -0.820. The second-order valence-electron chi connectivity index (χ2n) is 5.19. The zero-order chi connectivity index (χ0) is 13.0. The maximum Gasteiger partial charge on any atom is 0.123 e. The molecule has 0 aliphatic heterocycles. The molecule has 2 heteroatoms. The Bertz CT molecular complexity index is 431. The summed E-state index contributed by atoms with van der Waals surface area (Å²) in [5, 5.41) is 0. The first-order chi connectivity index (χ1) is 8.70. The predicted octanol–water partition coefficient (Wildman–Crippen LogP) is 5.34. The van der Waals surface area contributed by atoms with Crippen molar-refractivity contribution in [2.24, 2.45) is 5.92 Å². The molecule has 0 aromatic heterocycles. The van der Waals surface area contributed by atoms with Gasteiger partial charge in [-0.2, -0.15) is 0 Å². The number of aryl methyl sites for hydroxylation is 1. The summed E-state index contributed by atoms with van der Waals surface area (Å²) in [6, 6.07) is 4.94. The highest BCUT2D eigenvalue weighted by Crippen LogP contribution is 2.31. The number of hydrogen-bond donors (Lipinski definition) is 0. The first-order valence-corrected chi connectivity index (χ1v) is 7.26. The predicted molar refractivity (Wildman–Crippen MR) is 76.4 cm³/mol. The van der Waals surface area contributed by atoms with Gasteiger partial charge in [0.05, 0.1) is 0 Å². The van der Waals surface area contributed by atoms with E-state index in [4.69, 9.17) is 11.6 Å². The van der Waals surface area contributed by atoms with E-state index >= 15 is 0 Å². The lowest BCUT2D eigenvalue weighted by Crippen LogP contribution is -2.10. The van der Waals surface area contributed by atoms with Crippen LogP contribution in [0, 0.1) is 18.7 Å². The van der Waals surface area contributed by atoms with Gasteiger partial charge in [-0.3, -0.25) is 0 Å². The van der Waals surface area contributed by atoms with Gasteiger partial charge in [-0.15, -0.1) is 11.6 Å². The molecule has 1 saturated carbocycles. The minimum absolute atomic E-state index is 0.176. The Kier molecular flexibility index (Phi) is 4.82. The van der Waals surface area contributed by atoms with E-state index in [1.807, 2.05) is 13.0 Å². The molecular formula is C16H20ClF. The highest BCUT2D eigenvalue weighted by molar-refractivity contribution is 6.19. The summed E-state index contributed by atoms with van der Waals surface area (Å²) in [6.07, 6.45) is 8.48. The first-order valence-electron chi connectivity index (χ1n) is 6.73. The van der Waals surface area contributed by atoms with Crippen LogP contribution in [0.1, 0.15) is 43.2 Å². The summed E-state index contributed by atoms with van der Waals surface area (Å²) < 4.78 is 13.3. The average molecular weight is 267 g/mol. The standard InChI is InChI=1S/C16H20ClF/c1-12-7-8-16(18)10-14(12)9-15(11-17)13-5-3-2-4-6-13/h7-10,13H,2-6,11H2,1H3/b15-9-. The third-order valence-corrected chi connectivity index (χ3v) is 4.17. The van der Waals surface area contributed by atoms with Crippen LogP contribution in [0.4, 0.5) is 4.39 Å². The van der Waals surface area contributed by atoms with Crippen LogP contribution in [0.15, 0.2) is 23.8 Å². The summed E-state index contributed by atoms with van der Waals surface area (Å²) in [5.74, 6) is 0.976. The monoisotopic (exact) mass is 266 g/mol. The van der Waals surface area contributed by atoms with Gasteiger partial charge < -0.3 is 0 Å². The average Bonchev–Trinajstić information content (AvgIpc) is 2.41. The van der Waals surface area contributed by atoms with E-state index in [0.717, 1.165) is 11.1 Å². The molecule has 1 aromatic carbocycles.